The number of urea groups is 1. The Labute approximate surface area is 96.8 Å². The van der Waals surface area contributed by atoms with Crippen LogP contribution in [0, 0.1) is 11.3 Å². The van der Waals surface area contributed by atoms with Crippen molar-refractivity contribution in [3.63, 3.8) is 0 Å². The zero-order valence-corrected chi connectivity index (χ0v) is 9.96. The van der Waals surface area contributed by atoms with Gasteiger partial charge in [0.05, 0.1) is 0 Å². The van der Waals surface area contributed by atoms with E-state index in [0.717, 1.165) is 12.5 Å². The number of rotatable bonds is 6. The molecular weight excluding hydrogens is 204 g/mol. The zero-order chi connectivity index (χ0) is 11.6. The van der Waals surface area contributed by atoms with Gasteiger partial charge < -0.3 is 15.7 Å². The summed E-state index contributed by atoms with van der Waals surface area (Å²) in [6.45, 7) is 2.85. The molecule has 2 aliphatic rings. The lowest BCUT2D eigenvalue weighted by Gasteiger charge is -2.17. The largest absolute Gasteiger partial charge is 0.396 e. The Morgan fingerprint density at radius 3 is 2.69 bits per heavy atom. The van der Waals surface area contributed by atoms with E-state index in [4.69, 9.17) is 5.11 Å². The third-order valence-corrected chi connectivity index (χ3v) is 3.88. The van der Waals surface area contributed by atoms with Crippen molar-refractivity contribution in [1.29, 1.82) is 0 Å². The molecule has 3 N–H and O–H groups in total. The van der Waals surface area contributed by atoms with Gasteiger partial charge in [0.25, 0.3) is 0 Å². The van der Waals surface area contributed by atoms with Crippen LogP contribution in [0.5, 0.6) is 0 Å². The van der Waals surface area contributed by atoms with Gasteiger partial charge in [-0.25, -0.2) is 4.79 Å². The minimum atomic E-state index is -0.0899. The summed E-state index contributed by atoms with van der Waals surface area (Å²) >= 11 is 0. The summed E-state index contributed by atoms with van der Waals surface area (Å²) in [5, 5.41) is 14.5. The van der Waals surface area contributed by atoms with Crippen molar-refractivity contribution in [2.24, 2.45) is 11.3 Å². The van der Waals surface area contributed by atoms with Gasteiger partial charge in [0.15, 0.2) is 0 Å². The molecule has 2 rings (SSSR count). The van der Waals surface area contributed by atoms with Crippen molar-refractivity contribution in [2.75, 3.05) is 13.2 Å². The molecule has 0 bridgehead atoms. The first kappa shape index (κ1) is 11.7. The average Bonchev–Trinajstić information content (AvgIpc) is 3.08. The predicted molar refractivity (Wildman–Crippen MR) is 62.1 cm³/mol. The molecule has 2 aliphatic carbocycles. The van der Waals surface area contributed by atoms with Crippen LogP contribution in [0.1, 0.15) is 39.0 Å². The van der Waals surface area contributed by atoms with Crippen molar-refractivity contribution < 1.29 is 9.90 Å². The van der Waals surface area contributed by atoms with E-state index in [-0.39, 0.29) is 18.7 Å². The molecular formula is C12H22N2O2. The maximum Gasteiger partial charge on any atom is 0.315 e. The number of aliphatic hydroxyl groups excluding tert-OH is 1. The van der Waals surface area contributed by atoms with Crippen LogP contribution in [0.4, 0.5) is 4.79 Å². The molecule has 0 radical (unpaired) electrons. The smallest absolute Gasteiger partial charge is 0.315 e. The maximum absolute atomic E-state index is 11.5. The van der Waals surface area contributed by atoms with Crippen molar-refractivity contribution in [3.8, 4) is 0 Å². The summed E-state index contributed by atoms with van der Waals surface area (Å²) in [5.41, 5.74) is 0.456. The van der Waals surface area contributed by atoms with E-state index < -0.39 is 0 Å². The summed E-state index contributed by atoms with van der Waals surface area (Å²) in [4.78, 5) is 11.5. The fraction of sp³-hybridized carbons (Fsp3) is 0.917. The number of hydrogen-bond donors (Lipinski definition) is 3. The minimum Gasteiger partial charge on any atom is -0.396 e. The van der Waals surface area contributed by atoms with E-state index in [2.05, 4.69) is 10.6 Å². The molecule has 0 aromatic heterocycles. The Hall–Kier alpha value is -0.770. The summed E-state index contributed by atoms with van der Waals surface area (Å²) in [6, 6.07) is -0.0473. The maximum atomic E-state index is 11.5. The lowest BCUT2D eigenvalue weighted by atomic mass is 10.0. The monoisotopic (exact) mass is 226 g/mol. The normalized spacial score (nSPS) is 23.6. The molecule has 0 saturated heterocycles. The van der Waals surface area contributed by atoms with E-state index >= 15 is 0 Å². The molecule has 2 saturated carbocycles. The molecule has 0 spiro atoms. The molecule has 16 heavy (non-hydrogen) atoms. The van der Waals surface area contributed by atoms with Gasteiger partial charge in [-0.15, -0.1) is 0 Å². The van der Waals surface area contributed by atoms with Crippen LogP contribution in [0.3, 0.4) is 0 Å². The highest BCUT2D eigenvalue weighted by Crippen LogP contribution is 2.60. The lowest BCUT2D eigenvalue weighted by Crippen LogP contribution is -2.43. The second kappa shape index (κ2) is 4.62. The van der Waals surface area contributed by atoms with Crippen LogP contribution in [0.2, 0.25) is 0 Å². The third-order valence-electron chi connectivity index (χ3n) is 3.88. The average molecular weight is 226 g/mol. The van der Waals surface area contributed by atoms with Gasteiger partial charge in [0.2, 0.25) is 0 Å². The van der Waals surface area contributed by atoms with Crippen LogP contribution < -0.4 is 10.6 Å². The summed E-state index contributed by atoms with van der Waals surface area (Å²) in [6.07, 6.45) is 5.88. The fourth-order valence-corrected chi connectivity index (χ4v) is 2.38. The van der Waals surface area contributed by atoms with E-state index in [9.17, 15) is 4.79 Å². The number of amides is 2. The van der Waals surface area contributed by atoms with E-state index in [1.807, 2.05) is 6.92 Å². The molecule has 0 aromatic rings. The molecule has 92 valence electrons. The van der Waals surface area contributed by atoms with Gasteiger partial charge in [0, 0.05) is 19.2 Å². The molecule has 4 heteroatoms. The number of carbonyl (C=O) groups is 1. The van der Waals surface area contributed by atoms with E-state index in [0.29, 0.717) is 11.8 Å². The van der Waals surface area contributed by atoms with Crippen LogP contribution in [0.15, 0.2) is 0 Å². The highest BCUT2D eigenvalue weighted by Gasteiger charge is 2.53. The second-order valence-electron chi connectivity index (χ2n) is 5.38. The predicted octanol–water partition coefficient (Wildman–Crippen LogP) is 1.25. The summed E-state index contributed by atoms with van der Waals surface area (Å²) in [7, 11) is 0. The van der Waals surface area contributed by atoms with Gasteiger partial charge in [-0.2, -0.15) is 0 Å². The van der Waals surface area contributed by atoms with Gasteiger partial charge in [0.1, 0.15) is 0 Å². The second-order valence-corrected chi connectivity index (χ2v) is 5.38. The van der Waals surface area contributed by atoms with Crippen LogP contribution >= 0.6 is 0 Å². The summed E-state index contributed by atoms with van der Waals surface area (Å²) < 4.78 is 0. The van der Waals surface area contributed by atoms with Gasteiger partial charge >= 0.3 is 6.03 Å². The first-order chi connectivity index (χ1) is 7.66. The molecule has 0 unspecified atom stereocenters. The highest BCUT2D eigenvalue weighted by molar-refractivity contribution is 5.74. The number of carbonyl (C=O) groups excluding carboxylic acids is 1. The molecule has 0 heterocycles. The Balaban J connectivity index is 1.64. The lowest BCUT2D eigenvalue weighted by molar-refractivity contribution is 0.227. The Morgan fingerprint density at radius 2 is 2.19 bits per heavy atom. The van der Waals surface area contributed by atoms with Crippen LogP contribution in [-0.4, -0.2) is 30.3 Å². The van der Waals surface area contributed by atoms with Gasteiger partial charge in [-0.1, -0.05) is 0 Å². The van der Waals surface area contributed by atoms with Crippen LogP contribution in [0.25, 0.3) is 0 Å². The SMILES string of the molecule is C[C@H](CCO)NC(=O)NCC1(C2CC2)CC1. The molecule has 0 aromatic carbocycles. The standard InChI is InChI=1S/C12H22N2O2/c1-9(4-7-15)14-11(16)13-8-12(5-6-12)10-2-3-10/h9-10,15H,2-8H2,1H3,(H2,13,14,16)/t9-/m1/s1. The molecule has 0 aliphatic heterocycles. The van der Waals surface area contributed by atoms with Crippen LogP contribution in [-0.2, 0) is 0 Å². The Kier molecular flexibility index (Phi) is 3.38. The van der Waals surface area contributed by atoms with Crippen molar-refractivity contribution in [3.05, 3.63) is 0 Å². The number of aliphatic hydroxyl groups is 1. The molecule has 2 fully saturated rings. The summed E-state index contributed by atoms with van der Waals surface area (Å²) in [5.74, 6) is 0.877. The first-order valence-corrected chi connectivity index (χ1v) is 6.31. The van der Waals surface area contributed by atoms with Crippen molar-refractivity contribution in [2.45, 2.75) is 45.1 Å². The topological polar surface area (TPSA) is 61.4 Å². The molecule has 2 amide bonds. The van der Waals surface area contributed by atoms with Crippen molar-refractivity contribution >= 4 is 6.03 Å². The quantitative estimate of drug-likeness (QED) is 0.638. The van der Waals surface area contributed by atoms with E-state index in [1.165, 1.54) is 25.7 Å². The number of nitrogens with one attached hydrogen (secondary N) is 2. The van der Waals surface area contributed by atoms with Gasteiger partial charge in [-0.3, -0.25) is 0 Å². The van der Waals surface area contributed by atoms with Crippen molar-refractivity contribution in [1.82, 2.24) is 10.6 Å². The zero-order valence-electron chi connectivity index (χ0n) is 9.96. The van der Waals surface area contributed by atoms with Gasteiger partial charge in [-0.05, 0) is 50.4 Å². The Morgan fingerprint density at radius 1 is 1.50 bits per heavy atom. The molecule has 1 atom stereocenters. The third kappa shape index (κ3) is 2.88. The molecule has 4 nitrogen and oxygen atoms in total. The highest BCUT2D eigenvalue weighted by atomic mass is 16.3. The Bertz CT molecular complexity index is 260. The van der Waals surface area contributed by atoms with E-state index in [1.54, 1.807) is 0 Å². The first-order valence-electron chi connectivity index (χ1n) is 6.31. The fourth-order valence-electron chi connectivity index (χ4n) is 2.38. The minimum absolute atomic E-state index is 0.0427. The number of hydrogen-bond acceptors (Lipinski definition) is 2.